The van der Waals surface area contributed by atoms with E-state index in [4.69, 9.17) is 10.5 Å². The van der Waals surface area contributed by atoms with E-state index < -0.39 is 0 Å². The minimum atomic E-state index is 0.530. The average Bonchev–Trinajstić information content (AvgIpc) is 2.68. The largest absolute Gasteiger partial charge is 0.383 e. The van der Waals surface area contributed by atoms with Crippen LogP contribution in [-0.4, -0.2) is 23.3 Å². The zero-order chi connectivity index (χ0) is 13.1. The van der Waals surface area contributed by atoms with Gasteiger partial charge in [0.2, 0.25) is 5.95 Å². The van der Waals surface area contributed by atoms with Crippen LogP contribution in [0.3, 0.4) is 0 Å². The van der Waals surface area contributed by atoms with Crippen molar-refractivity contribution >= 4 is 5.95 Å². The van der Waals surface area contributed by atoms with E-state index in [2.05, 4.69) is 37.0 Å². The first-order valence-electron chi connectivity index (χ1n) is 6.01. The Kier molecular flexibility index (Phi) is 3.67. The number of methoxy groups -OCH3 is 1. The third kappa shape index (κ3) is 2.38. The number of hydrogen-bond acceptors (Lipinski definition) is 3. The highest BCUT2D eigenvalue weighted by atomic mass is 16.5. The van der Waals surface area contributed by atoms with Crippen LogP contribution in [-0.2, 0) is 11.3 Å². The Hall–Kier alpha value is -1.81. The van der Waals surface area contributed by atoms with Crippen LogP contribution < -0.4 is 5.73 Å². The van der Waals surface area contributed by atoms with Crippen LogP contribution in [0.5, 0.6) is 0 Å². The van der Waals surface area contributed by atoms with E-state index in [0.717, 1.165) is 5.69 Å². The predicted molar refractivity (Wildman–Crippen MR) is 73.4 cm³/mol. The van der Waals surface area contributed by atoms with Crippen molar-refractivity contribution < 1.29 is 4.74 Å². The first-order valence-corrected chi connectivity index (χ1v) is 6.01. The number of nitrogens with two attached hydrogens (primary N) is 1. The number of imidazole rings is 1. The normalized spacial score (nSPS) is 10.8. The van der Waals surface area contributed by atoms with E-state index in [9.17, 15) is 0 Å². The molecule has 0 spiro atoms. The molecule has 1 aromatic heterocycles. The number of anilines is 1. The molecule has 0 saturated heterocycles. The first-order chi connectivity index (χ1) is 8.63. The van der Waals surface area contributed by atoms with Gasteiger partial charge < -0.3 is 15.0 Å². The summed E-state index contributed by atoms with van der Waals surface area (Å²) in [5.41, 5.74) is 10.6. The average molecular weight is 245 g/mol. The number of rotatable bonds is 4. The lowest BCUT2D eigenvalue weighted by Crippen LogP contribution is -2.09. The molecule has 0 aliphatic rings. The Morgan fingerprint density at radius 3 is 2.78 bits per heavy atom. The van der Waals surface area contributed by atoms with E-state index in [0.29, 0.717) is 19.1 Å². The van der Waals surface area contributed by atoms with Crippen LogP contribution >= 0.6 is 0 Å². The summed E-state index contributed by atoms with van der Waals surface area (Å²) in [5, 5.41) is 0. The molecule has 0 atom stereocenters. The Bertz CT molecular complexity index is 546. The molecule has 96 valence electrons. The zero-order valence-electron chi connectivity index (χ0n) is 11.1. The lowest BCUT2D eigenvalue weighted by Gasteiger charge is -2.11. The summed E-state index contributed by atoms with van der Waals surface area (Å²) in [6.07, 6.45) is 1.82. The second-order valence-corrected chi connectivity index (χ2v) is 4.46. The van der Waals surface area contributed by atoms with Gasteiger partial charge in [0, 0.05) is 19.2 Å². The monoisotopic (exact) mass is 245 g/mol. The maximum Gasteiger partial charge on any atom is 0.200 e. The van der Waals surface area contributed by atoms with Gasteiger partial charge in [-0.25, -0.2) is 4.98 Å². The van der Waals surface area contributed by atoms with Crippen molar-refractivity contribution in [2.45, 2.75) is 20.4 Å². The van der Waals surface area contributed by atoms with Gasteiger partial charge in [-0.2, -0.15) is 0 Å². The SMILES string of the molecule is COCCn1c(-c2ccc(C)cc2C)cnc1N. The maximum absolute atomic E-state index is 5.90. The van der Waals surface area contributed by atoms with Crippen molar-refractivity contribution in [3.05, 3.63) is 35.5 Å². The molecule has 0 fully saturated rings. The number of nitrogens with zero attached hydrogens (tertiary/aromatic N) is 2. The summed E-state index contributed by atoms with van der Waals surface area (Å²) < 4.78 is 7.09. The van der Waals surface area contributed by atoms with E-state index in [1.165, 1.54) is 16.7 Å². The lowest BCUT2D eigenvalue weighted by atomic mass is 10.0. The van der Waals surface area contributed by atoms with Gasteiger partial charge in [-0.1, -0.05) is 23.8 Å². The third-order valence-electron chi connectivity index (χ3n) is 3.06. The van der Waals surface area contributed by atoms with Gasteiger partial charge in [-0.15, -0.1) is 0 Å². The van der Waals surface area contributed by atoms with Crippen LogP contribution in [0.2, 0.25) is 0 Å². The van der Waals surface area contributed by atoms with Gasteiger partial charge >= 0.3 is 0 Å². The summed E-state index contributed by atoms with van der Waals surface area (Å²) in [4.78, 5) is 4.19. The fraction of sp³-hybridized carbons (Fsp3) is 0.357. The number of hydrogen-bond donors (Lipinski definition) is 1. The van der Waals surface area contributed by atoms with Crippen molar-refractivity contribution in [2.75, 3.05) is 19.5 Å². The zero-order valence-corrected chi connectivity index (χ0v) is 11.1. The minimum absolute atomic E-state index is 0.530. The first kappa shape index (κ1) is 12.6. The highest BCUT2D eigenvalue weighted by molar-refractivity contribution is 5.65. The molecule has 1 aromatic carbocycles. The fourth-order valence-corrected chi connectivity index (χ4v) is 2.12. The van der Waals surface area contributed by atoms with Crippen LogP contribution in [0.15, 0.2) is 24.4 Å². The molecule has 0 unspecified atom stereocenters. The molecule has 18 heavy (non-hydrogen) atoms. The molecular weight excluding hydrogens is 226 g/mol. The van der Waals surface area contributed by atoms with Gasteiger partial charge in [0.25, 0.3) is 0 Å². The molecule has 4 heteroatoms. The van der Waals surface area contributed by atoms with Gasteiger partial charge in [-0.3, -0.25) is 0 Å². The van der Waals surface area contributed by atoms with Crippen LogP contribution in [0.25, 0.3) is 11.3 Å². The van der Waals surface area contributed by atoms with Gasteiger partial charge in [0.15, 0.2) is 0 Å². The second-order valence-electron chi connectivity index (χ2n) is 4.46. The molecule has 1 heterocycles. The van der Waals surface area contributed by atoms with Crippen molar-refractivity contribution in [1.82, 2.24) is 9.55 Å². The highest BCUT2D eigenvalue weighted by Crippen LogP contribution is 2.26. The van der Waals surface area contributed by atoms with E-state index >= 15 is 0 Å². The van der Waals surface area contributed by atoms with E-state index in [-0.39, 0.29) is 0 Å². The van der Waals surface area contributed by atoms with E-state index in [1.807, 2.05) is 10.8 Å². The number of nitrogen functional groups attached to an aromatic ring is 1. The molecule has 0 amide bonds. The molecule has 0 saturated carbocycles. The topological polar surface area (TPSA) is 53.1 Å². The van der Waals surface area contributed by atoms with Gasteiger partial charge in [0.1, 0.15) is 0 Å². The third-order valence-corrected chi connectivity index (χ3v) is 3.06. The molecule has 2 aromatic rings. The summed E-state index contributed by atoms with van der Waals surface area (Å²) in [6, 6.07) is 6.38. The Labute approximate surface area is 107 Å². The van der Waals surface area contributed by atoms with Crippen molar-refractivity contribution in [3.63, 3.8) is 0 Å². The van der Waals surface area contributed by atoms with Gasteiger partial charge in [-0.05, 0) is 19.4 Å². The second kappa shape index (κ2) is 5.23. The minimum Gasteiger partial charge on any atom is -0.383 e. The quantitative estimate of drug-likeness (QED) is 0.899. The van der Waals surface area contributed by atoms with Crippen molar-refractivity contribution in [3.8, 4) is 11.3 Å². The van der Waals surface area contributed by atoms with Gasteiger partial charge in [0.05, 0.1) is 18.5 Å². The number of aryl methyl sites for hydroxylation is 2. The molecule has 0 aliphatic carbocycles. The lowest BCUT2D eigenvalue weighted by molar-refractivity contribution is 0.188. The molecule has 2 rings (SSSR count). The van der Waals surface area contributed by atoms with Crippen LogP contribution in [0.4, 0.5) is 5.95 Å². The number of benzene rings is 1. The molecule has 4 nitrogen and oxygen atoms in total. The molecule has 0 radical (unpaired) electrons. The summed E-state index contributed by atoms with van der Waals surface area (Å²) >= 11 is 0. The highest BCUT2D eigenvalue weighted by Gasteiger charge is 2.11. The van der Waals surface area contributed by atoms with Crippen LogP contribution in [0.1, 0.15) is 11.1 Å². The van der Waals surface area contributed by atoms with E-state index in [1.54, 1.807) is 7.11 Å². The summed E-state index contributed by atoms with van der Waals surface area (Å²) in [7, 11) is 1.68. The molecular formula is C14H19N3O. The molecule has 2 N–H and O–H groups in total. The predicted octanol–water partition coefficient (Wildman–Crippen LogP) is 2.40. The Morgan fingerprint density at radius 1 is 1.33 bits per heavy atom. The van der Waals surface area contributed by atoms with Crippen molar-refractivity contribution in [1.29, 1.82) is 0 Å². The molecule has 0 aliphatic heterocycles. The summed E-state index contributed by atoms with van der Waals surface area (Å²) in [5.74, 6) is 0.530. The Morgan fingerprint density at radius 2 is 2.11 bits per heavy atom. The standard InChI is InChI=1S/C14H19N3O/c1-10-4-5-12(11(2)8-10)13-9-16-14(15)17(13)6-7-18-3/h4-5,8-9H,6-7H2,1-3H3,(H2,15,16). The molecule has 0 bridgehead atoms. The van der Waals surface area contributed by atoms with Crippen LogP contribution in [0, 0.1) is 13.8 Å². The number of aromatic nitrogens is 2. The smallest absolute Gasteiger partial charge is 0.200 e. The summed E-state index contributed by atoms with van der Waals surface area (Å²) in [6.45, 7) is 5.53. The number of ether oxygens (including phenoxy) is 1. The Balaban J connectivity index is 2.43. The maximum atomic E-state index is 5.90. The van der Waals surface area contributed by atoms with Crippen molar-refractivity contribution in [2.24, 2.45) is 0 Å². The fourth-order valence-electron chi connectivity index (χ4n) is 2.12.